The summed E-state index contributed by atoms with van der Waals surface area (Å²) in [5, 5.41) is 3.63. The summed E-state index contributed by atoms with van der Waals surface area (Å²) in [7, 11) is 1.68. The third-order valence-electron chi connectivity index (χ3n) is 4.89. The zero-order valence-corrected chi connectivity index (χ0v) is 15.2. The van der Waals surface area contributed by atoms with Crippen molar-refractivity contribution in [3.63, 3.8) is 0 Å². The van der Waals surface area contributed by atoms with Gasteiger partial charge in [-0.3, -0.25) is 0 Å². The van der Waals surface area contributed by atoms with E-state index in [1.54, 1.807) is 7.11 Å². The lowest BCUT2D eigenvalue weighted by molar-refractivity contribution is 0.415. The molecule has 0 saturated carbocycles. The number of nitrogens with one attached hydrogen (secondary N) is 1. The Balaban J connectivity index is 1.65. The number of aryl methyl sites for hydroxylation is 2. The van der Waals surface area contributed by atoms with Crippen LogP contribution in [0.1, 0.15) is 35.8 Å². The van der Waals surface area contributed by atoms with Gasteiger partial charge in [-0.25, -0.2) is 9.97 Å². The van der Waals surface area contributed by atoms with E-state index in [0.29, 0.717) is 6.04 Å². The largest absolute Gasteiger partial charge is 0.497 e. The summed E-state index contributed by atoms with van der Waals surface area (Å²) in [6.45, 7) is 1.93. The van der Waals surface area contributed by atoms with E-state index in [1.165, 1.54) is 17.5 Å². The van der Waals surface area contributed by atoms with Gasteiger partial charge in [0.1, 0.15) is 17.4 Å². The van der Waals surface area contributed by atoms with Gasteiger partial charge < -0.3 is 10.1 Å². The highest BCUT2D eigenvalue weighted by Crippen LogP contribution is 2.33. The zero-order valence-electron chi connectivity index (χ0n) is 15.2. The molecule has 4 rings (SSSR count). The molecule has 4 heteroatoms. The van der Waals surface area contributed by atoms with E-state index in [2.05, 4.69) is 39.6 Å². The molecule has 0 bridgehead atoms. The molecule has 2 aromatic carbocycles. The topological polar surface area (TPSA) is 47.0 Å². The van der Waals surface area contributed by atoms with Gasteiger partial charge in [0.2, 0.25) is 0 Å². The van der Waals surface area contributed by atoms with Gasteiger partial charge in [0, 0.05) is 11.6 Å². The fraction of sp³-hybridized carbons (Fsp3) is 0.273. The van der Waals surface area contributed by atoms with E-state index >= 15 is 0 Å². The number of rotatable bonds is 4. The first-order valence-corrected chi connectivity index (χ1v) is 9.07. The van der Waals surface area contributed by atoms with E-state index in [-0.39, 0.29) is 0 Å². The molecule has 0 spiro atoms. The van der Waals surface area contributed by atoms with Crippen molar-refractivity contribution in [3.8, 4) is 17.0 Å². The minimum Gasteiger partial charge on any atom is -0.497 e. The van der Waals surface area contributed by atoms with Crippen LogP contribution in [0.3, 0.4) is 0 Å². The number of anilines is 1. The molecule has 1 aliphatic rings. The molecule has 0 amide bonds. The van der Waals surface area contributed by atoms with Crippen molar-refractivity contribution < 1.29 is 4.74 Å². The van der Waals surface area contributed by atoms with Gasteiger partial charge in [0.15, 0.2) is 0 Å². The molecular weight excluding hydrogens is 322 g/mol. The second-order valence-corrected chi connectivity index (χ2v) is 6.71. The predicted octanol–water partition coefficient (Wildman–Crippen LogP) is 4.95. The van der Waals surface area contributed by atoms with Crippen molar-refractivity contribution in [1.82, 2.24) is 9.97 Å². The Hall–Kier alpha value is -2.88. The van der Waals surface area contributed by atoms with E-state index in [0.717, 1.165) is 41.5 Å². The van der Waals surface area contributed by atoms with Gasteiger partial charge >= 0.3 is 0 Å². The highest BCUT2D eigenvalue weighted by molar-refractivity contribution is 5.64. The lowest BCUT2D eigenvalue weighted by atomic mass is 9.88. The van der Waals surface area contributed by atoms with Crippen LogP contribution in [0, 0.1) is 6.92 Å². The highest BCUT2D eigenvalue weighted by Gasteiger charge is 2.20. The first kappa shape index (κ1) is 16.6. The molecule has 0 fully saturated rings. The Morgan fingerprint density at radius 3 is 2.81 bits per heavy atom. The molecule has 1 aromatic heterocycles. The number of ether oxygens (including phenoxy) is 1. The number of aromatic nitrogens is 2. The third kappa shape index (κ3) is 3.40. The van der Waals surface area contributed by atoms with Gasteiger partial charge in [0.25, 0.3) is 0 Å². The van der Waals surface area contributed by atoms with Crippen LogP contribution in [0.15, 0.2) is 54.6 Å². The maximum atomic E-state index is 5.34. The first-order valence-electron chi connectivity index (χ1n) is 9.07. The SMILES string of the molecule is COc1cccc(-c2cc(NC3CCCc4ccccc43)nc(C)n2)c1. The maximum absolute atomic E-state index is 5.34. The Bertz CT molecular complexity index is 923. The standard InChI is InChI=1S/C22H23N3O/c1-15-23-21(17-9-5-10-18(13-17)26-2)14-22(24-15)25-20-12-6-8-16-7-3-4-11-19(16)20/h3-5,7,9-11,13-14,20H,6,8,12H2,1-2H3,(H,23,24,25). The van der Waals surface area contributed by atoms with Gasteiger partial charge in [-0.2, -0.15) is 0 Å². The number of methoxy groups -OCH3 is 1. The van der Waals surface area contributed by atoms with Gasteiger partial charge in [0.05, 0.1) is 18.8 Å². The van der Waals surface area contributed by atoms with Crippen molar-refractivity contribution in [2.75, 3.05) is 12.4 Å². The van der Waals surface area contributed by atoms with Crippen molar-refractivity contribution in [2.24, 2.45) is 0 Å². The van der Waals surface area contributed by atoms with Gasteiger partial charge in [-0.05, 0) is 49.4 Å². The molecule has 26 heavy (non-hydrogen) atoms. The average Bonchev–Trinajstić information content (AvgIpc) is 2.68. The molecule has 0 aliphatic heterocycles. The summed E-state index contributed by atoms with van der Waals surface area (Å²) in [6.07, 6.45) is 3.47. The molecule has 1 N–H and O–H groups in total. The quantitative estimate of drug-likeness (QED) is 0.727. The minimum atomic E-state index is 0.299. The van der Waals surface area contributed by atoms with Crippen molar-refractivity contribution >= 4 is 5.82 Å². The number of fused-ring (bicyclic) bond motifs is 1. The van der Waals surface area contributed by atoms with Crippen LogP contribution >= 0.6 is 0 Å². The van der Waals surface area contributed by atoms with Crippen LogP contribution in [0.25, 0.3) is 11.3 Å². The number of hydrogen-bond donors (Lipinski definition) is 1. The molecule has 4 nitrogen and oxygen atoms in total. The number of benzene rings is 2. The smallest absolute Gasteiger partial charge is 0.130 e. The summed E-state index contributed by atoms with van der Waals surface area (Å²) < 4.78 is 5.34. The fourth-order valence-electron chi connectivity index (χ4n) is 3.65. The van der Waals surface area contributed by atoms with E-state index in [1.807, 2.05) is 37.3 Å². The number of nitrogens with zero attached hydrogens (tertiary/aromatic N) is 2. The molecule has 0 saturated heterocycles. The summed E-state index contributed by atoms with van der Waals surface area (Å²) in [5.41, 5.74) is 4.76. The molecule has 3 aromatic rings. The monoisotopic (exact) mass is 345 g/mol. The Morgan fingerprint density at radius 2 is 1.92 bits per heavy atom. The lowest BCUT2D eigenvalue weighted by Gasteiger charge is -2.27. The normalized spacial score (nSPS) is 16.0. The van der Waals surface area contributed by atoms with E-state index in [9.17, 15) is 0 Å². The van der Waals surface area contributed by atoms with Crippen LogP contribution in [-0.2, 0) is 6.42 Å². The second kappa shape index (κ2) is 7.16. The predicted molar refractivity (Wildman–Crippen MR) is 105 cm³/mol. The van der Waals surface area contributed by atoms with Crippen LogP contribution in [0.5, 0.6) is 5.75 Å². The molecule has 1 heterocycles. The molecule has 1 aliphatic carbocycles. The van der Waals surface area contributed by atoms with Crippen molar-refractivity contribution in [1.29, 1.82) is 0 Å². The van der Waals surface area contributed by atoms with Crippen molar-refractivity contribution in [3.05, 3.63) is 71.5 Å². The van der Waals surface area contributed by atoms with Crippen LogP contribution in [0.4, 0.5) is 5.82 Å². The summed E-state index contributed by atoms with van der Waals surface area (Å²) in [4.78, 5) is 9.23. The van der Waals surface area contributed by atoms with Gasteiger partial charge in [-0.1, -0.05) is 36.4 Å². The average molecular weight is 345 g/mol. The highest BCUT2D eigenvalue weighted by atomic mass is 16.5. The van der Waals surface area contributed by atoms with E-state index in [4.69, 9.17) is 4.74 Å². The zero-order chi connectivity index (χ0) is 17.9. The minimum absolute atomic E-state index is 0.299. The Morgan fingerprint density at radius 1 is 1.04 bits per heavy atom. The third-order valence-corrected chi connectivity index (χ3v) is 4.89. The van der Waals surface area contributed by atoms with Crippen LogP contribution < -0.4 is 10.1 Å². The molecule has 1 atom stereocenters. The summed E-state index contributed by atoms with van der Waals surface area (Å²) in [5.74, 6) is 2.46. The maximum Gasteiger partial charge on any atom is 0.130 e. The summed E-state index contributed by atoms with van der Waals surface area (Å²) >= 11 is 0. The van der Waals surface area contributed by atoms with Crippen molar-refractivity contribution in [2.45, 2.75) is 32.2 Å². The molecule has 0 radical (unpaired) electrons. The van der Waals surface area contributed by atoms with E-state index < -0.39 is 0 Å². The second-order valence-electron chi connectivity index (χ2n) is 6.71. The Kier molecular flexibility index (Phi) is 4.57. The van der Waals surface area contributed by atoms with Gasteiger partial charge in [-0.15, -0.1) is 0 Å². The molecular formula is C22H23N3O. The fourth-order valence-corrected chi connectivity index (χ4v) is 3.65. The van der Waals surface area contributed by atoms with Crippen LogP contribution in [0.2, 0.25) is 0 Å². The molecule has 1 unspecified atom stereocenters. The summed E-state index contributed by atoms with van der Waals surface area (Å²) in [6, 6.07) is 19.0. The van der Waals surface area contributed by atoms with Crippen LogP contribution in [-0.4, -0.2) is 17.1 Å². The molecule has 132 valence electrons. The Labute approximate surface area is 154 Å². The number of hydrogen-bond acceptors (Lipinski definition) is 4. The first-order chi connectivity index (χ1) is 12.7. The lowest BCUT2D eigenvalue weighted by Crippen LogP contribution is -2.18.